The fourth-order valence-electron chi connectivity index (χ4n) is 7.26. The van der Waals surface area contributed by atoms with E-state index in [0.29, 0.717) is 0 Å². The van der Waals surface area contributed by atoms with Gasteiger partial charge >= 0.3 is 0 Å². The molecule has 7 aromatic carbocycles. The van der Waals surface area contributed by atoms with Crippen molar-refractivity contribution >= 4 is 124 Å². The van der Waals surface area contributed by atoms with Gasteiger partial charge in [-0.1, -0.05) is 91.0 Å². The van der Waals surface area contributed by atoms with Crippen molar-refractivity contribution in [2.24, 2.45) is 0 Å². The summed E-state index contributed by atoms with van der Waals surface area (Å²) < 4.78 is 12.8. The summed E-state index contributed by atoms with van der Waals surface area (Å²) in [6, 6.07) is 52.1. The second-order valence-corrected chi connectivity index (χ2v) is 15.5. The highest BCUT2D eigenvalue weighted by molar-refractivity contribution is 7.28. The van der Waals surface area contributed by atoms with Gasteiger partial charge in [-0.25, -0.2) is 4.98 Å². The van der Waals surface area contributed by atoms with Crippen LogP contribution in [0.15, 0.2) is 150 Å². The standard InChI is InChI=1S/C43H24N2OS3/c1-2-10-25(11-3-1)43-44-33-24-34(42-40(41(33)49-43)32-14-6-9-17-38(32)48-42)45(26-18-20-29-28-12-4-7-15-35(28)46-36(29)22-26)27-19-21-31-30-13-5-8-16-37(30)47-39(31)23-27/h1-24H. The van der Waals surface area contributed by atoms with Crippen molar-refractivity contribution in [2.75, 3.05) is 4.90 Å². The Balaban J connectivity index is 1.23. The van der Waals surface area contributed by atoms with Crippen molar-refractivity contribution in [2.45, 2.75) is 0 Å². The number of benzene rings is 7. The topological polar surface area (TPSA) is 29.3 Å². The average molecular weight is 681 g/mol. The number of para-hydroxylation sites is 1. The minimum atomic E-state index is 0.875. The lowest BCUT2D eigenvalue weighted by atomic mass is 10.1. The normalized spacial score (nSPS) is 12.1. The van der Waals surface area contributed by atoms with Crippen LogP contribution in [0.3, 0.4) is 0 Å². The second kappa shape index (κ2) is 10.5. The number of furan rings is 1. The average Bonchev–Trinajstić information content (AvgIpc) is 3.93. The summed E-state index contributed by atoms with van der Waals surface area (Å²) in [6.45, 7) is 0. The number of aromatic nitrogens is 1. The summed E-state index contributed by atoms with van der Waals surface area (Å²) in [5, 5.41) is 8.40. The molecular weight excluding hydrogens is 657 g/mol. The first-order valence-electron chi connectivity index (χ1n) is 16.2. The Morgan fingerprint density at radius 3 is 1.98 bits per heavy atom. The molecule has 0 aliphatic rings. The van der Waals surface area contributed by atoms with Crippen LogP contribution in [0.2, 0.25) is 0 Å². The molecule has 0 spiro atoms. The van der Waals surface area contributed by atoms with Crippen molar-refractivity contribution in [1.29, 1.82) is 0 Å². The maximum absolute atomic E-state index is 6.45. The van der Waals surface area contributed by atoms with Crippen LogP contribution in [0.25, 0.3) is 83.1 Å². The first-order chi connectivity index (χ1) is 24.3. The minimum absolute atomic E-state index is 0.875. The van der Waals surface area contributed by atoms with Crippen LogP contribution in [0.5, 0.6) is 0 Å². The van der Waals surface area contributed by atoms with E-state index in [9.17, 15) is 0 Å². The number of hydrogen-bond donors (Lipinski definition) is 0. The van der Waals surface area contributed by atoms with Crippen molar-refractivity contribution in [3.8, 4) is 10.6 Å². The van der Waals surface area contributed by atoms with Gasteiger partial charge in [0.1, 0.15) is 16.2 Å². The van der Waals surface area contributed by atoms with Crippen molar-refractivity contribution in [1.82, 2.24) is 4.98 Å². The molecule has 3 nitrogen and oxygen atoms in total. The van der Waals surface area contributed by atoms with Crippen LogP contribution in [-0.2, 0) is 0 Å². The van der Waals surface area contributed by atoms with Crippen LogP contribution >= 0.6 is 34.0 Å². The summed E-state index contributed by atoms with van der Waals surface area (Å²) in [5.41, 5.74) is 7.18. The molecule has 0 aliphatic carbocycles. The van der Waals surface area contributed by atoms with Crippen LogP contribution in [0.1, 0.15) is 0 Å². The van der Waals surface area contributed by atoms with E-state index >= 15 is 0 Å². The Morgan fingerprint density at radius 1 is 0.469 bits per heavy atom. The van der Waals surface area contributed by atoms with E-state index in [1.165, 1.54) is 45.0 Å². The van der Waals surface area contributed by atoms with Crippen molar-refractivity contribution in [3.63, 3.8) is 0 Å². The molecule has 0 atom stereocenters. The van der Waals surface area contributed by atoms with Gasteiger partial charge in [-0.15, -0.1) is 34.0 Å². The maximum Gasteiger partial charge on any atom is 0.137 e. The zero-order chi connectivity index (χ0) is 32.1. The van der Waals surface area contributed by atoms with Crippen molar-refractivity contribution in [3.05, 3.63) is 146 Å². The third-order valence-electron chi connectivity index (χ3n) is 9.48. The van der Waals surface area contributed by atoms with E-state index in [2.05, 4.69) is 138 Å². The molecule has 11 rings (SSSR count). The molecule has 0 bridgehead atoms. The molecule has 0 amide bonds. The van der Waals surface area contributed by atoms with Crippen LogP contribution in [0, 0.1) is 0 Å². The predicted molar refractivity (Wildman–Crippen MR) is 213 cm³/mol. The quantitative estimate of drug-likeness (QED) is 0.185. The number of hydrogen-bond acceptors (Lipinski definition) is 6. The van der Waals surface area contributed by atoms with Crippen molar-refractivity contribution < 1.29 is 4.42 Å². The minimum Gasteiger partial charge on any atom is -0.456 e. The lowest BCUT2D eigenvalue weighted by Crippen LogP contribution is -2.10. The van der Waals surface area contributed by atoms with Gasteiger partial charge in [0.2, 0.25) is 0 Å². The summed E-state index contributed by atoms with van der Waals surface area (Å²) in [5.74, 6) is 0. The van der Waals surface area contributed by atoms with Gasteiger partial charge in [-0.3, -0.25) is 0 Å². The lowest BCUT2D eigenvalue weighted by molar-refractivity contribution is 0.669. The summed E-state index contributed by atoms with van der Waals surface area (Å²) >= 11 is 5.49. The van der Waals surface area contributed by atoms with Crippen LogP contribution in [0.4, 0.5) is 17.1 Å². The zero-order valence-corrected chi connectivity index (χ0v) is 28.3. The highest BCUT2D eigenvalue weighted by atomic mass is 32.1. The van der Waals surface area contributed by atoms with E-state index < -0.39 is 0 Å². The molecule has 0 saturated heterocycles. The smallest absolute Gasteiger partial charge is 0.137 e. The maximum atomic E-state index is 6.45. The van der Waals surface area contributed by atoms with E-state index in [1.54, 1.807) is 11.3 Å². The SMILES string of the molecule is c1ccc(-c2nc3cc(N(c4ccc5c(c4)oc4ccccc45)c4ccc5c(c4)sc4ccccc45)c4sc5ccccc5c4c3s2)cc1. The predicted octanol–water partition coefficient (Wildman–Crippen LogP) is 14.1. The third kappa shape index (κ3) is 4.15. The molecule has 6 heteroatoms. The fraction of sp³-hybridized carbons (Fsp3) is 0. The van der Waals surface area contributed by atoms with Gasteiger partial charge < -0.3 is 9.32 Å². The van der Waals surface area contributed by atoms with E-state index in [4.69, 9.17) is 9.40 Å². The summed E-state index contributed by atoms with van der Waals surface area (Å²) in [7, 11) is 0. The number of rotatable bonds is 4. The number of thiazole rings is 1. The molecule has 4 heterocycles. The van der Waals surface area contributed by atoms with E-state index in [-0.39, 0.29) is 0 Å². The van der Waals surface area contributed by atoms with Gasteiger partial charge in [0.25, 0.3) is 0 Å². The monoisotopic (exact) mass is 680 g/mol. The summed E-state index contributed by atoms with van der Waals surface area (Å²) in [6.07, 6.45) is 0. The van der Waals surface area contributed by atoms with Gasteiger partial charge in [0.15, 0.2) is 0 Å². The highest BCUT2D eigenvalue weighted by Crippen LogP contribution is 2.51. The molecule has 49 heavy (non-hydrogen) atoms. The van der Waals surface area contributed by atoms with Crippen LogP contribution < -0.4 is 4.90 Å². The first kappa shape index (κ1) is 27.4. The molecule has 4 aromatic heterocycles. The molecule has 230 valence electrons. The number of anilines is 3. The molecule has 0 N–H and O–H groups in total. The molecule has 0 unspecified atom stereocenters. The Kier molecular flexibility index (Phi) is 5.87. The Hall–Kier alpha value is -5.53. The Morgan fingerprint density at radius 2 is 1.12 bits per heavy atom. The Labute approximate surface area is 292 Å². The second-order valence-electron chi connectivity index (χ2n) is 12.3. The first-order valence-corrected chi connectivity index (χ1v) is 18.6. The van der Waals surface area contributed by atoms with Gasteiger partial charge in [0, 0.05) is 69.4 Å². The van der Waals surface area contributed by atoms with E-state index in [0.717, 1.165) is 55.1 Å². The molecule has 0 aliphatic heterocycles. The largest absolute Gasteiger partial charge is 0.456 e. The molecule has 0 radical (unpaired) electrons. The molecular formula is C43H24N2OS3. The van der Waals surface area contributed by atoms with Gasteiger partial charge in [-0.05, 0) is 48.5 Å². The summed E-state index contributed by atoms with van der Waals surface area (Å²) in [4.78, 5) is 7.70. The third-order valence-corrected chi connectivity index (χ3v) is 12.9. The molecule has 0 fully saturated rings. The molecule has 11 aromatic rings. The number of thiophene rings is 2. The Bertz CT molecular complexity index is 2960. The fourth-order valence-corrected chi connectivity index (χ4v) is 10.8. The number of nitrogens with zero attached hydrogens (tertiary/aromatic N) is 2. The number of fused-ring (bicyclic) bond motifs is 11. The van der Waals surface area contributed by atoms with Gasteiger partial charge in [0.05, 0.1) is 20.6 Å². The lowest BCUT2D eigenvalue weighted by Gasteiger charge is -2.26. The van der Waals surface area contributed by atoms with E-state index in [1.807, 2.05) is 34.8 Å². The van der Waals surface area contributed by atoms with Gasteiger partial charge in [-0.2, -0.15) is 0 Å². The van der Waals surface area contributed by atoms with Crippen LogP contribution in [-0.4, -0.2) is 4.98 Å². The highest BCUT2D eigenvalue weighted by Gasteiger charge is 2.24. The zero-order valence-electron chi connectivity index (χ0n) is 25.9. The molecule has 0 saturated carbocycles.